The van der Waals surface area contributed by atoms with Crippen LogP contribution in [-0.4, -0.2) is 21.7 Å². The fourth-order valence-corrected chi connectivity index (χ4v) is 4.12. The van der Waals surface area contributed by atoms with E-state index in [1.54, 1.807) is 6.21 Å². The number of nitrogens with zero attached hydrogens (tertiary/aromatic N) is 3. The van der Waals surface area contributed by atoms with Crippen LogP contribution in [-0.2, 0) is 11.3 Å². The topological polar surface area (TPSA) is 76.3 Å². The predicted octanol–water partition coefficient (Wildman–Crippen LogP) is 3.34. The van der Waals surface area contributed by atoms with Gasteiger partial charge >= 0.3 is 0 Å². The minimum absolute atomic E-state index is 0.139. The zero-order chi connectivity index (χ0) is 18.6. The molecule has 0 aliphatic rings. The van der Waals surface area contributed by atoms with Gasteiger partial charge in [0.2, 0.25) is 0 Å². The third kappa shape index (κ3) is 3.86. The molecular weight excluding hydrogens is 380 g/mol. The Kier molecular flexibility index (Phi) is 4.91. The lowest BCUT2D eigenvalue weighted by molar-refractivity contribution is -0.121. The van der Waals surface area contributed by atoms with E-state index < -0.39 is 0 Å². The summed E-state index contributed by atoms with van der Waals surface area (Å²) in [6.07, 6.45) is 2.97. The molecule has 134 valence electrons. The van der Waals surface area contributed by atoms with Gasteiger partial charge < -0.3 is 0 Å². The number of benzene rings is 1. The number of fused-ring (bicyclic) bond motifs is 1. The summed E-state index contributed by atoms with van der Waals surface area (Å²) in [6.45, 7) is -0.139. The maximum Gasteiger partial charge on any atom is 0.262 e. The maximum atomic E-state index is 12.7. The number of nitrogens with one attached hydrogen (secondary N) is 1. The van der Waals surface area contributed by atoms with Crippen molar-refractivity contribution in [1.82, 2.24) is 15.0 Å². The first-order chi connectivity index (χ1) is 13.2. The van der Waals surface area contributed by atoms with E-state index in [2.05, 4.69) is 15.5 Å². The lowest BCUT2D eigenvalue weighted by Crippen LogP contribution is -2.29. The van der Waals surface area contributed by atoms with Crippen LogP contribution in [0.4, 0.5) is 0 Å². The van der Waals surface area contributed by atoms with Crippen LogP contribution >= 0.6 is 22.7 Å². The molecule has 0 atom stereocenters. The lowest BCUT2D eigenvalue weighted by atomic mass is 10.2. The van der Waals surface area contributed by atoms with Crippen LogP contribution in [0.1, 0.15) is 4.88 Å². The van der Waals surface area contributed by atoms with Gasteiger partial charge in [-0.3, -0.25) is 14.2 Å². The first-order valence-electron chi connectivity index (χ1n) is 8.10. The Morgan fingerprint density at radius 2 is 2.07 bits per heavy atom. The molecule has 27 heavy (non-hydrogen) atoms. The summed E-state index contributed by atoms with van der Waals surface area (Å²) >= 11 is 2.98. The predicted molar refractivity (Wildman–Crippen MR) is 109 cm³/mol. The molecule has 0 bridgehead atoms. The van der Waals surface area contributed by atoms with Crippen LogP contribution in [0, 0.1) is 0 Å². The van der Waals surface area contributed by atoms with Crippen LogP contribution < -0.4 is 11.0 Å². The number of carbonyl (C=O) groups excluding carboxylic acids is 1. The Morgan fingerprint density at radius 1 is 1.22 bits per heavy atom. The summed E-state index contributed by atoms with van der Waals surface area (Å²) in [5.74, 6) is -0.385. The van der Waals surface area contributed by atoms with Crippen molar-refractivity contribution in [1.29, 1.82) is 0 Å². The van der Waals surface area contributed by atoms with E-state index in [-0.39, 0.29) is 18.0 Å². The van der Waals surface area contributed by atoms with Crippen molar-refractivity contribution in [3.63, 3.8) is 0 Å². The standard InChI is InChI=1S/C19H14N4O2S2/c24-17(22-21-10-14-7-4-8-26-14)11-23-12-20-18-15(19(23)25)9-16(27-18)13-5-2-1-3-6-13/h1-10,12H,11H2,(H,22,24). The van der Waals surface area contributed by atoms with Gasteiger partial charge in [0.1, 0.15) is 11.4 Å². The quantitative estimate of drug-likeness (QED) is 0.417. The number of rotatable bonds is 5. The Hall–Kier alpha value is -3.10. The maximum absolute atomic E-state index is 12.7. The Balaban J connectivity index is 1.53. The van der Waals surface area contributed by atoms with Crippen molar-refractivity contribution < 1.29 is 4.79 Å². The largest absolute Gasteiger partial charge is 0.289 e. The summed E-state index contributed by atoms with van der Waals surface area (Å²) in [6, 6.07) is 15.4. The fraction of sp³-hybridized carbons (Fsp3) is 0.0526. The smallest absolute Gasteiger partial charge is 0.262 e. The lowest BCUT2D eigenvalue weighted by Gasteiger charge is -2.03. The molecule has 0 aliphatic carbocycles. The number of aromatic nitrogens is 2. The molecule has 3 heterocycles. The molecule has 0 spiro atoms. The van der Waals surface area contributed by atoms with Gasteiger partial charge in [0, 0.05) is 9.75 Å². The van der Waals surface area contributed by atoms with E-state index in [1.165, 1.54) is 33.6 Å². The first kappa shape index (κ1) is 17.3. The van der Waals surface area contributed by atoms with Crippen molar-refractivity contribution in [2.24, 2.45) is 5.10 Å². The highest BCUT2D eigenvalue weighted by Crippen LogP contribution is 2.30. The van der Waals surface area contributed by atoms with Gasteiger partial charge in [-0.15, -0.1) is 22.7 Å². The van der Waals surface area contributed by atoms with Gasteiger partial charge in [0.25, 0.3) is 11.5 Å². The van der Waals surface area contributed by atoms with Crippen LogP contribution in [0.5, 0.6) is 0 Å². The Morgan fingerprint density at radius 3 is 2.85 bits per heavy atom. The zero-order valence-corrected chi connectivity index (χ0v) is 15.7. The summed E-state index contributed by atoms with van der Waals surface area (Å²) in [5.41, 5.74) is 3.22. The van der Waals surface area contributed by atoms with Crippen molar-refractivity contribution in [3.8, 4) is 10.4 Å². The second-order valence-electron chi connectivity index (χ2n) is 5.68. The highest BCUT2D eigenvalue weighted by Gasteiger charge is 2.12. The molecule has 0 saturated carbocycles. The fourth-order valence-electron chi connectivity index (χ4n) is 2.54. The molecule has 4 aromatic rings. The van der Waals surface area contributed by atoms with Gasteiger partial charge in [-0.05, 0) is 23.1 Å². The number of hydrogen-bond donors (Lipinski definition) is 1. The number of amides is 1. The van der Waals surface area contributed by atoms with Crippen molar-refractivity contribution >= 4 is 45.0 Å². The molecule has 1 aromatic carbocycles. The number of hydrogen-bond acceptors (Lipinski definition) is 6. The highest BCUT2D eigenvalue weighted by atomic mass is 32.1. The normalized spacial score (nSPS) is 11.3. The molecule has 0 fully saturated rings. The zero-order valence-electron chi connectivity index (χ0n) is 14.0. The minimum Gasteiger partial charge on any atom is -0.289 e. The first-order valence-corrected chi connectivity index (χ1v) is 9.80. The van der Waals surface area contributed by atoms with Crippen LogP contribution in [0.3, 0.4) is 0 Å². The summed E-state index contributed by atoms with van der Waals surface area (Å²) in [7, 11) is 0. The number of carbonyl (C=O) groups is 1. The molecule has 0 unspecified atom stereocenters. The van der Waals surface area contributed by atoms with Gasteiger partial charge in [-0.2, -0.15) is 5.10 Å². The molecule has 8 heteroatoms. The average molecular weight is 394 g/mol. The average Bonchev–Trinajstić information content (AvgIpc) is 3.35. The molecule has 6 nitrogen and oxygen atoms in total. The minimum atomic E-state index is -0.385. The van der Waals surface area contributed by atoms with E-state index >= 15 is 0 Å². The van der Waals surface area contributed by atoms with E-state index in [0.717, 1.165) is 15.3 Å². The van der Waals surface area contributed by atoms with Gasteiger partial charge in [0.05, 0.1) is 17.9 Å². The van der Waals surface area contributed by atoms with Crippen molar-refractivity contribution in [2.45, 2.75) is 6.54 Å². The van der Waals surface area contributed by atoms with Gasteiger partial charge in [-0.25, -0.2) is 10.4 Å². The van der Waals surface area contributed by atoms with E-state index in [4.69, 9.17) is 0 Å². The summed E-state index contributed by atoms with van der Waals surface area (Å²) < 4.78 is 1.29. The van der Waals surface area contributed by atoms with E-state index in [1.807, 2.05) is 53.9 Å². The van der Waals surface area contributed by atoms with E-state index in [9.17, 15) is 9.59 Å². The van der Waals surface area contributed by atoms with Crippen LogP contribution in [0.2, 0.25) is 0 Å². The molecule has 0 radical (unpaired) electrons. The molecule has 3 aromatic heterocycles. The second kappa shape index (κ2) is 7.65. The van der Waals surface area contributed by atoms with Gasteiger partial charge in [-0.1, -0.05) is 36.4 Å². The number of thiophene rings is 2. The van der Waals surface area contributed by atoms with Gasteiger partial charge in [0.15, 0.2) is 0 Å². The Bertz CT molecular complexity index is 1160. The third-order valence-corrected chi connectivity index (χ3v) is 5.71. The number of hydrazone groups is 1. The molecule has 0 aliphatic heterocycles. The monoisotopic (exact) mass is 394 g/mol. The van der Waals surface area contributed by atoms with Crippen molar-refractivity contribution in [3.05, 3.63) is 75.5 Å². The Labute approximate surface area is 162 Å². The molecule has 1 N–H and O–H groups in total. The molecule has 1 amide bonds. The second-order valence-corrected chi connectivity index (χ2v) is 7.69. The summed E-state index contributed by atoms with van der Waals surface area (Å²) in [5, 5.41) is 6.33. The van der Waals surface area contributed by atoms with E-state index in [0.29, 0.717) is 10.2 Å². The molecule has 4 rings (SSSR count). The third-order valence-electron chi connectivity index (χ3n) is 3.81. The molecule has 0 saturated heterocycles. The highest BCUT2D eigenvalue weighted by molar-refractivity contribution is 7.21. The van der Waals surface area contributed by atoms with Crippen LogP contribution in [0.25, 0.3) is 20.7 Å². The summed E-state index contributed by atoms with van der Waals surface area (Å²) in [4.78, 5) is 31.6. The van der Waals surface area contributed by atoms with Crippen molar-refractivity contribution in [2.75, 3.05) is 0 Å². The SMILES string of the molecule is O=C(Cn1cnc2sc(-c3ccccc3)cc2c1=O)NN=Cc1cccs1. The molecular formula is C19H14N4O2S2. The van der Waals surface area contributed by atoms with Crippen LogP contribution in [0.15, 0.2) is 70.1 Å².